The highest BCUT2D eigenvalue weighted by molar-refractivity contribution is 6.07. The lowest BCUT2D eigenvalue weighted by atomic mass is 10.1. The van der Waals surface area contributed by atoms with Crippen LogP contribution in [0, 0.1) is 0 Å². The van der Waals surface area contributed by atoms with Gasteiger partial charge in [-0.15, -0.1) is 12.4 Å². The highest BCUT2D eigenvalue weighted by atomic mass is 35.5. The smallest absolute Gasteiger partial charge is 0.272 e. The summed E-state index contributed by atoms with van der Waals surface area (Å²) in [5, 5.41) is 6.75. The molecule has 3 aromatic carbocycles. The first-order chi connectivity index (χ1) is 15.6. The number of carbonyl (C=O) groups excluding carboxylic acids is 2. The van der Waals surface area contributed by atoms with E-state index in [1.807, 2.05) is 84.9 Å². The Balaban J connectivity index is 0.00000259. The molecule has 0 spiro atoms. The average molecular weight is 461 g/mol. The fraction of sp³-hybridized carbons (Fsp3) is 0.154. The average Bonchev–Trinajstić information content (AvgIpc) is 3.42. The van der Waals surface area contributed by atoms with E-state index >= 15 is 0 Å². The van der Waals surface area contributed by atoms with Crippen molar-refractivity contribution < 1.29 is 9.59 Å². The van der Waals surface area contributed by atoms with Gasteiger partial charge < -0.3 is 20.9 Å². The van der Waals surface area contributed by atoms with Crippen molar-refractivity contribution in [3.05, 3.63) is 96.2 Å². The van der Waals surface area contributed by atoms with Crippen LogP contribution in [-0.2, 0) is 11.3 Å². The molecular formula is C26H25ClN4O2. The van der Waals surface area contributed by atoms with Crippen molar-refractivity contribution in [3.63, 3.8) is 0 Å². The van der Waals surface area contributed by atoms with E-state index in [-0.39, 0.29) is 36.8 Å². The summed E-state index contributed by atoms with van der Waals surface area (Å²) in [6.07, 6.45) is 1.01. The Morgan fingerprint density at radius 3 is 2.21 bits per heavy atom. The molecule has 0 unspecified atom stereocenters. The molecule has 7 heteroatoms. The number of carbonyl (C=O) groups is 2. The molecule has 2 amide bonds. The molecule has 1 aliphatic rings. The third-order valence-corrected chi connectivity index (χ3v) is 5.84. The molecule has 168 valence electrons. The number of hydrogen-bond donors (Lipinski definition) is 3. The molecule has 1 aliphatic carbocycles. The molecule has 0 radical (unpaired) electrons. The number of hydrogen-bond acceptors (Lipinski definition) is 3. The lowest BCUT2D eigenvalue weighted by molar-refractivity contribution is -0.116. The normalized spacial score (nSPS) is 16.6. The van der Waals surface area contributed by atoms with Gasteiger partial charge in [0, 0.05) is 34.2 Å². The predicted molar refractivity (Wildman–Crippen MR) is 134 cm³/mol. The van der Waals surface area contributed by atoms with Crippen LogP contribution in [0.5, 0.6) is 0 Å². The second-order valence-corrected chi connectivity index (χ2v) is 8.17. The van der Waals surface area contributed by atoms with Gasteiger partial charge in [0.2, 0.25) is 5.91 Å². The van der Waals surface area contributed by atoms with Crippen molar-refractivity contribution in [1.29, 1.82) is 0 Å². The van der Waals surface area contributed by atoms with E-state index in [2.05, 4.69) is 10.6 Å². The zero-order valence-corrected chi connectivity index (χ0v) is 18.7. The lowest BCUT2D eigenvalue weighted by Gasteiger charge is -2.12. The van der Waals surface area contributed by atoms with Gasteiger partial charge in [-0.05, 0) is 48.4 Å². The topological polar surface area (TPSA) is 89.2 Å². The lowest BCUT2D eigenvalue weighted by Crippen LogP contribution is -2.23. The second kappa shape index (κ2) is 9.48. The molecule has 0 aliphatic heterocycles. The fourth-order valence-corrected chi connectivity index (χ4v) is 4.04. The number of anilines is 2. The minimum atomic E-state index is -0.260. The van der Waals surface area contributed by atoms with Crippen LogP contribution in [0.15, 0.2) is 84.9 Å². The van der Waals surface area contributed by atoms with Crippen molar-refractivity contribution in [1.82, 2.24) is 4.57 Å². The van der Waals surface area contributed by atoms with Crippen molar-refractivity contribution in [2.75, 3.05) is 10.6 Å². The Bertz CT molecular complexity index is 1280. The first-order valence-corrected chi connectivity index (χ1v) is 10.7. The molecule has 1 saturated carbocycles. The molecule has 0 saturated heterocycles. The van der Waals surface area contributed by atoms with Crippen molar-refractivity contribution in [2.24, 2.45) is 5.73 Å². The maximum absolute atomic E-state index is 13.1. The highest BCUT2D eigenvalue weighted by Crippen LogP contribution is 2.39. The van der Waals surface area contributed by atoms with Gasteiger partial charge in [-0.3, -0.25) is 9.59 Å². The van der Waals surface area contributed by atoms with Crippen LogP contribution >= 0.6 is 12.4 Å². The summed E-state index contributed by atoms with van der Waals surface area (Å²) in [5.74, 6) is -0.0354. The summed E-state index contributed by atoms with van der Waals surface area (Å²) < 4.78 is 1.75. The van der Waals surface area contributed by atoms with Crippen LogP contribution in [-0.4, -0.2) is 22.4 Å². The van der Waals surface area contributed by atoms with E-state index in [9.17, 15) is 9.59 Å². The second-order valence-electron chi connectivity index (χ2n) is 8.17. The Morgan fingerprint density at radius 1 is 0.879 bits per heavy atom. The number of fused-ring (bicyclic) bond motifs is 1. The van der Waals surface area contributed by atoms with Crippen LogP contribution in [0.25, 0.3) is 10.9 Å². The van der Waals surface area contributed by atoms with Crippen LogP contribution in [0.2, 0.25) is 0 Å². The molecule has 4 aromatic rings. The number of amides is 2. The molecule has 1 fully saturated rings. The minimum Gasteiger partial charge on any atom is -0.327 e. The van der Waals surface area contributed by atoms with Crippen molar-refractivity contribution >= 4 is 46.5 Å². The SMILES string of the molecule is Cl.N[C@@H]1C[C@H]1c1ccc(NC(=O)c2cc3ccccc3n2CC(=O)Nc2ccccc2)cc1. The first-order valence-electron chi connectivity index (χ1n) is 10.7. The summed E-state index contributed by atoms with van der Waals surface area (Å²) in [4.78, 5) is 25.9. The molecule has 1 heterocycles. The summed E-state index contributed by atoms with van der Waals surface area (Å²) in [7, 11) is 0. The number of benzene rings is 3. The monoisotopic (exact) mass is 460 g/mol. The maximum Gasteiger partial charge on any atom is 0.272 e. The number of aromatic nitrogens is 1. The van der Waals surface area contributed by atoms with Crippen LogP contribution in [0.3, 0.4) is 0 Å². The first kappa shape index (κ1) is 22.6. The zero-order chi connectivity index (χ0) is 22.1. The van der Waals surface area contributed by atoms with E-state index in [1.54, 1.807) is 4.57 Å². The van der Waals surface area contributed by atoms with Crippen LogP contribution in [0.4, 0.5) is 11.4 Å². The van der Waals surface area contributed by atoms with E-state index in [1.165, 1.54) is 5.56 Å². The Labute approximate surface area is 198 Å². The minimum absolute atomic E-state index is 0. The summed E-state index contributed by atoms with van der Waals surface area (Å²) in [6.45, 7) is 0.0314. The van der Waals surface area contributed by atoms with Gasteiger partial charge in [0.25, 0.3) is 5.91 Å². The number of para-hydroxylation sites is 2. The Kier molecular flexibility index (Phi) is 6.49. The summed E-state index contributed by atoms with van der Waals surface area (Å²) in [6, 6.07) is 26.8. The van der Waals surface area contributed by atoms with E-state index in [4.69, 9.17) is 5.73 Å². The number of halogens is 1. The largest absolute Gasteiger partial charge is 0.327 e. The zero-order valence-electron chi connectivity index (χ0n) is 17.9. The quantitative estimate of drug-likeness (QED) is 0.387. The van der Waals surface area contributed by atoms with Crippen molar-refractivity contribution in [2.45, 2.75) is 24.9 Å². The Hall–Kier alpha value is -3.61. The fourth-order valence-electron chi connectivity index (χ4n) is 4.04. The third kappa shape index (κ3) is 4.92. The molecule has 1 aromatic heterocycles. The molecule has 2 atom stereocenters. The van der Waals surface area contributed by atoms with Gasteiger partial charge in [0.1, 0.15) is 12.2 Å². The van der Waals surface area contributed by atoms with Crippen molar-refractivity contribution in [3.8, 4) is 0 Å². The molecule has 5 rings (SSSR count). The van der Waals surface area contributed by atoms with E-state index < -0.39 is 0 Å². The van der Waals surface area contributed by atoms with Gasteiger partial charge in [-0.1, -0.05) is 48.5 Å². The number of nitrogens with two attached hydrogens (primary N) is 1. The number of rotatable bonds is 6. The molecule has 0 bridgehead atoms. The van der Waals surface area contributed by atoms with Gasteiger partial charge in [-0.25, -0.2) is 0 Å². The van der Waals surface area contributed by atoms with E-state index in [0.29, 0.717) is 17.3 Å². The van der Waals surface area contributed by atoms with Gasteiger partial charge >= 0.3 is 0 Å². The van der Waals surface area contributed by atoms with Gasteiger partial charge in [0.05, 0.1) is 0 Å². The predicted octanol–water partition coefficient (Wildman–Crippen LogP) is 4.77. The van der Waals surface area contributed by atoms with E-state index in [0.717, 1.165) is 23.0 Å². The summed E-state index contributed by atoms with van der Waals surface area (Å²) in [5.41, 5.74) is 9.82. The number of nitrogens with one attached hydrogen (secondary N) is 2. The molecule has 33 heavy (non-hydrogen) atoms. The van der Waals surface area contributed by atoms with Crippen LogP contribution in [0.1, 0.15) is 28.4 Å². The number of nitrogens with zero attached hydrogens (tertiary/aromatic N) is 1. The standard InChI is InChI=1S/C26H24N4O2.ClH/c27-22-15-21(22)17-10-12-20(13-11-17)29-26(32)24-14-18-6-4-5-9-23(18)30(24)16-25(31)28-19-7-2-1-3-8-19;/h1-14,21-22H,15-16,27H2,(H,28,31)(H,29,32);1H/t21-,22+;/m0./s1. The molecule has 6 nitrogen and oxygen atoms in total. The molecule has 4 N–H and O–H groups in total. The Morgan fingerprint density at radius 2 is 1.52 bits per heavy atom. The molecular weight excluding hydrogens is 436 g/mol. The van der Waals surface area contributed by atoms with Crippen LogP contribution < -0.4 is 16.4 Å². The third-order valence-electron chi connectivity index (χ3n) is 5.84. The highest BCUT2D eigenvalue weighted by Gasteiger charge is 2.34. The van der Waals surface area contributed by atoms with Gasteiger partial charge in [-0.2, -0.15) is 0 Å². The summed E-state index contributed by atoms with van der Waals surface area (Å²) >= 11 is 0. The van der Waals surface area contributed by atoms with Gasteiger partial charge in [0.15, 0.2) is 0 Å². The maximum atomic E-state index is 13.1.